The number of furan rings is 1. The van der Waals surface area contributed by atoms with Crippen LogP contribution in [-0.4, -0.2) is 14.6 Å². The minimum Gasteiger partial charge on any atom is -0.472 e. The van der Waals surface area contributed by atoms with E-state index < -0.39 is 0 Å². The van der Waals surface area contributed by atoms with Crippen LogP contribution < -0.4 is 5.32 Å². The second-order valence-electron chi connectivity index (χ2n) is 5.12. The van der Waals surface area contributed by atoms with Crippen LogP contribution in [0.2, 0.25) is 0 Å². The Labute approximate surface area is 131 Å². The van der Waals surface area contributed by atoms with Crippen LogP contribution >= 0.6 is 0 Å². The Kier molecular flexibility index (Phi) is 3.27. The van der Waals surface area contributed by atoms with E-state index in [-0.39, 0.29) is 5.82 Å². The summed E-state index contributed by atoms with van der Waals surface area (Å²) in [6, 6.07) is 12.0. The number of hydrogen-bond acceptors (Lipinski definition) is 4. The van der Waals surface area contributed by atoms with Crippen LogP contribution in [0.5, 0.6) is 0 Å². The van der Waals surface area contributed by atoms with E-state index in [1.165, 1.54) is 12.1 Å². The van der Waals surface area contributed by atoms with E-state index in [4.69, 9.17) is 4.42 Å². The number of imidazole rings is 1. The van der Waals surface area contributed by atoms with Gasteiger partial charge in [-0.15, -0.1) is 5.10 Å². The Morgan fingerprint density at radius 1 is 1.09 bits per heavy atom. The highest BCUT2D eigenvalue weighted by Crippen LogP contribution is 2.21. The van der Waals surface area contributed by atoms with Crippen molar-refractivity contribution in [2.45, 2.75) is 6.54 Å². The van der Waals surface area contributed by atoms with Crippen molar-refractivity contribution in [1.82, 2.24) is 14.6 Å². The van der Waals surface area contributed by atoms with Gasteiger partial charge in [0.25, 0.3) is 0 Å². The standard InChI is InChI=1S/C17H13FN4O/c18-14-3-1-12(2-4-14)9-19-16-5-6-17-20-10-15(22(17)21-16)13-7-8-23-11-13/h1-8,10-11H,9H2,(H,19,21). The summed E-state index contributed by atoms with van der Waals surface area (Å²) in [7, 11) is 0. The average molecular weight is 308 g/mol. The fraction of sp³-hybridized carbons (Fsp3) is 0.0588. The van der Waals surface area contributed by atoms with Crippen LogP contribution in [0.1, 0.15) is 5.56 Å². The first-order valence-corrected chi connectivity index (χ1v) is 7.15. The first-order valence-electron chi connectivity index (χ1n) is 7.15. The molecule has 3 heterocycles. The lowest BCUT2D eigenvalue weighted by Gasteiger charge is -2.07. The first kappa shape index (κ1) is 13.5. The number of halogens is 1. The maximum Gasteiger partial charge on any atom is 0.154 e. The molecule has 0 amide bonds. The Hall–Kier alpha value is -3.15. The fourth-order valence-electron chi connectivity index (χ4n) is 2.37. The molecule has 0 saturated carbocycles. The summed E-state index contributed by atoms with van der Waals surface area (Å²) in [4.78, 5) is 4.33. The Balaban J connectivity index is 1.60. The van der Waals surface area contributed by atoms with Crippen LogP contribution in [0.15, 0.2) is 65.6 Å². The topological polar surface area (TPSA) is 55.4 Å². The molecule has 0 spiro atoms. The lowest BCUT2D eigenvalue weighted by atomic mass is 10.2. The van der Waals surface area contributed by atoms with Crippen LogP contribution in [0.3, 0.4) is 0 Å². The third kappa shape index (κ3) is 2.66. The molecule has 1 N–H and O–H groups in total. The number of nitrogens with one attached hydrogen (secondary N) is 1. The summed E-state index contributed by atoms with van der Waals surface area (Å²) < 4.78 is 19.8. The molecule has 4 aromatic rings. The van der Waals surface area contributed by atoms with E-state index in [0.717, 1.165) is 22.5 Å². The van der Waals surface area contributed by atoms with E-state index in [2.05, 4.69) is 15.4 Å². The van der Waals surface area contributed by atoms with Gasteiger partial charge in [0.1, 0.15) is 11.6 Å². The highest BCUT2D eigenvalue weighted by Gasteiger charge is 2.08. The smallest absolute Gasteiger partial charge is 0.154 e. The molecule has 5 nitrogen and oxygen atoms in total. The van der Waals surface area contributed by atoms with Gasteiger partial charge in [-0.1, -0.05) is 12.1 Å². The summed E-state index contributed by atoms with van der Waals surface area (Å²) >= 11 is 0. The highest BCUT2D eigenvalue weighted by atomic mass is 19.1. The summed E-state index contributed by atoms with van der Waals surface area (Å²) in [6.07, 6.45) is 5.03. The second kappa shape index (κ2) is 5.57. The van der Waals surface area contributed by atoms with Crippen LogP contribution in [0.4, 0.5) is 10.2 Å². The molecule has 0 radical (unpaired) electrons. The van der Waals surface area contributed by atoms with Crippen LogP contribution in [0.25, 0.3) is 16.9 Å². The van der Waals surface area contributed by atoms with Crippen molar-refractivity contribution in [2.24, 2.45) is 0 Å². The Morgan fingerprint density at radius 2 is 1.96 bits per heavy atom. The summed E-state index contributed by atoms with van der Waals surface area (Å²) in [6.45, 7) is 0.564. The minimum atomic E-state index is -0.239. The summed E-state index contributed by atoms with van der Waals surface area (Å²) in [5.74, 6) is 0.473. The van der Waals surface area contributed by atoms with Gasteiger partial charge in [0.2, 0.25) is 0 Å². The maximum atomic E-state index is 12.9. The normalized spacial score (nSPS) is 11.0. The zero-order chi connectivity index (χ0) is 15.6. The fourth-order valence-corrected chi connectivity index (χ4v) is 2.37. The molecule has 4 rings (SSSR count). The van der Waals surface area contributed by atoms with Gasteiger partial charge in [0, 0.05) is 12.1 Å². The molecule has 0 fully saturated rings. The van der Waals surface area contributed by atoms with Crippen molar-refractivity contribution < 1.29 is 8.81 Å². The predicted molar refractivity (Wildman–Crippen MR) is 84.4 cm³/mol. The molecule has 1 aromatic carbocycles. The van der Waals surface area contributed by atoms with Gasteiger partial charge in [-0.05, 0) is 35.9 Å². The van der Waals surface area contributed by atoms with Crippen LogP contribution in [0, 0.1) is 5.82 Å². The van der Waals surface area contributed by atoms with Gasteiger partial charge < -0.3 is 9.73 Å². The van der Waals surface area contributed by atoms with E-state index in [1.807, 2.05) is 18.2 Å². The molecule has 0 aliphatic rings. The maximum absolute atomic E-state index is 12.9. The number of fused-ring (bicyclic) bond motifs is 1. The second-order valence-corrected chi connectivity index (χ2v) is 5.12. The van der Waals surface area contributed by atoms with E-state index in [9.17, 15) is 4.39 Å². The SMILES string of the molecule is Fc1ccc(CNc2ccc3ncc(-c4ccoc4)n3n2)cc1. The molecule has 0 atom stereocenters. The van der Waals surface area contributed by atoms with Gasteiger partial charge in [-0.3, -0.25) is 0 Å². The number of rotatable bonds is 4. The number of benzene rings is 1. The number of hydrogen-bond donors (Lipinski definition) is 1. The third-order valence-corrected chi connectivity index (χ3v) is 3.57. The largest absolute Gasteiger partial charge is 0.472 e. The van der Waals surface area contributed by atoms with Gasteiger partial charge in [0.15, 0.2) is 5.65 Å². The molecule has 0 unspecified atom stereocenters. The third-order valence-electron chi connectivity index (χ3n) is 3.57. The van der Waals surface area contributed by atoms with E-state index in [1.54, 1.807) is 35.4 Å². The Bertz CT molecular complexity index is 929. The van der Waals surface area contributed by atoms with E-state index in [0.29, 0.717) is 12.4 Å². The molecular formula is C17H13FN4O. The molecule has 114 valence electrons. The van der Waals surface area contributed by atoms with Crippen molar-refractivity contribution in [3.8, 4) is 11.3 Å². The Morgan fingerprint density at radius 3 is 2.74 bits per heavy atom. The van der Waals surface area contributed by atoms with Gasteiger partial charge in [-0.25, -0.2) is 13.9 Å². The van der Waals surface area contributed by atoms with Crippen molar-refractivity contribution >= 4 is 11.5 Å². The van der Waals surface area contributed by atoms with Crippen molar-refractivity contribution in [2.75, 3.05) is 5.32 Å². The number of aromatic nitrogens is 3. The van der Waals surface area contributed by atoms with Gasteiger partial charge >= 0.3 is 0 Å². The molecular weight excluding hydrogens is 295 g/mol. The minimum absolute atomic E-state index is 0.239. The van der Waals surface area contributed by atoms with E-state index >= 15 is 0 Å². The zero-order valence-electron chi connectivity index (χ0n) is 12.1. The highest BCUT2D eigenvalue weighted by molar-refractivity contribution is 5.62. The lowest BCUT2D eigenvalue weighted by Crippen LogP contribution is -2.04. The number of nitrogens with zero attached hydrogens (tertiary/aromatic N) is 3. The van der Waals surface area contributed by atoms with Crippen molar-refractivity contribution in [3.63, 3.8) is 0 Å². The molecule has 6 heteroatoms. The molecule has 0 saturated heterocycles. The summed E-state index contributed by atoms with van der Waals surface area (Å²) in [5.41, 5.74) is 3.52. The monoisotopic (exact) mass is 308 g/mol. The summed E-state index contributed by atoms with van der Waals surface area (Å²) in [5, 5.41) is 7.78. The average Bonchev–Trinajstić information content (AvgIpc) is 3.23. The molecule has 0 bridgehead atoms. The van der Waals surface area contributed by atoms with Gasteiger partial charge in [0.05, 0.1) is 24.4 Å². The quantitative estimate of drug-likeness (QED) is 0.624. The molecule has 0 aliphatic carbocycles. The van der Waals surface area contributed by atoms with Gasteiger partial charge in [-0.2, -0.15) is 0 Å². The van der Waals surface area contributed by atoms with Crippen LogP contribution in [-0.2, 0) is 6.54 Å². The van der Waals surface area contributed by atoms with Crippen molar-refractivity contribution in [1.29, 1.82) is 0 Å². The van der Waals surface area contributed by atoms with Crippen molar-refractivity contribution in [3.05, 3.63) is 72.6 Å². The molecule has 0 aliphatic heterocycles. The lowest BCUT2D eigenvalue weighted by molar-refractivity contribution is 0.568. The molecule has 23 heavy (non-hydrogen) atoms. The zero-order valence-corrected chi connectivity index (χ0v) is 12.1. The first-order chi connectivity index (χ1) is 11.3. The predicted octanol–water partition coefficient (Wildman–Crippen LogP) is 3.74. The molecule has 3 aromatic heterocycles. The number of anilines is 1.